The van der Waals surface area contributed by atoms with Crippen molar-refractivity contribution in [3.8, 4) is 0 Å². The predicted octanol–water partition coefficient (Wildman–Crippen LogP) is 0.444. The number of nitrogens with one attached hydrogen (secondary N) is 2. The zero-order chi connectivity index (χ0) is 11.3. The molecule has 0 saturated carbocycles. The van der Waals surface area contributed by atoms with Crippen molar-refractivity contribution in [2.24, 2.45) is 0 Å². The molecule has 0 aliphatic heterocycles. The Balaban J connectivity index is 3.10. The Bertz CT molecular complexity index is 322. The van der Waals surface area contributed by atoms with Crippen LogP contribution in [0.25, 0.3) is 0 Å². The molecule has 8 nitrogen and oxygen atoms in total. The first-order valence-corrected chi connectivity index (χ1v) is 4.20. The summed E-state index contributed by atoms with van der Waals surface area (Å²) in [5.74, 6) is 0.115. The summed E-state index contributed by atoms with van der Waals surface area (Å²) in [5.41, 5.74) is 3.54. The van der Waals surface area contributed by atoms with Gasteiger partial charge in [-0.1, -0.05) is 6.58 Å². The summed E-state index contributed by atoms with van der Waals surface area (Å²) in [5, 5.41) is 17.3. The molecule has 0 radical (unpaired) electrons. The third kappa shape index (κ3) is 2.51. The normalized spacial score (nSPS) is 9.53. The van der Waals surface area contributed by atoms with Gasteiger partial charge in [-0.3, -0.25) is 10.4 Å². The van der Waals surface area contributed by atoms with E-state index in [-0.39, 0.29) is 17.8 Å². The quantitative estimate of drug-likeness (QED) is 0.521. The molecule has 0 aliphatic carbocycles. The molecule has 4 N–H and O–H groups in total. The molecule has 8 heteroatoms. The van der Waals surface area contributed by atoms with Crippen molar-refractivity contribution in [1.29, 1.82) is 0 Å². The van der Waals surface area contributed by atoms with E-state index in [9.17, 15) is 0 Å². The van der Waals surface area contributed by atoms with Gasteiger partial charge in [0, 0.05) is 6.54 Å². The van der Waals surface area contributed by atoms with E-state index >= 15 is 0 Å². The van der Waals surface area contributed by atoms with E-state index in [1.807, 2.05) is 6.92 Å². The first kappa shape index (κ1) is 11.1. The van der Waals surface area contributed by atoms with Crippen LogP contribution in [0.1, 0.15) is 6.92 Å². The third-order valence-corrected chi connectivity index (χ3v) is 1.64. The maximum absolute atomic E-state index is 8.65. The molecule has 0 amide bonds. The van der Waals surface area contributed by atoms with Gasteiger partial charge in [0.15, 0.2) is 0 Å². The molecule has 0 bridgehead atoms. The molecule has 1 rings (SSSR count). The van der Waals surface area contributed by atoms with Gasteiger partial charge in [0.05, 0.1) is 0 Å². The second-order valence-electron chi connectivity index (χ2n) is 2.47. The number of hydrogen-bond acceptors (Lipinski definition) is 8. The average molecular weight is 212 g/mol. The average Bonchev–Trinajstić information content (AvgIpc) is 2.30. The number of nitrogens with zero attached hydrogens (tertiary/aromatic N) is 4. The molecular weight excluding hydrogens is 200 g/mol. The summed E-state index contributed by atoms with van der Waals surface area (Å²) in [7, 11) is 0. The number of anilines is 3. The molecule has 0 atom stereocenters. The Labute approximate surface area is 86.2 Å². The third-order valence-electron chi connectivity index (χ3n) is 1.64. The first-order chi connectivity index (χ1) is 7.24. The largest absolute Gasteiger partial charge is 0.318 e. The Kier molecular flexibility index (Phi) is 3.77. The molecule has 82 valence electrons. The van der Waals surface area contributed by atoms with Gasteiger partial charge in [-0.05, 0) is 13.1 Å². The summed E-state index contributed by atoms with van der Waals surface area (Å²) in [6, 6.07) is 0. The van der Waals surface area contributed by atoms with Crippen molar-refractivity contribution in [2.45, 2.75) is 6.92 Å². The highest BCUT2D eigenvalue weighted by molar-refractivity contribution is 5.43. The SMILES string of the molecule is C=CN(CC)c1nc(NO)nc(NO)n1. The Morgan fingerprint density at radius 2 is 1.80 bits per heavy atom. The highest BCUT2D eigenvalue weighted by Crippen LogP contribution is 2.12. The van der Waals surface area contributed by atoms with Crippen molar-refractivity contribution in [3.63, 3.8) is 0 Å². The van der Waals surface area contributed by atoms with Gasteiger partial charge in [0.25, 0.3) is 11.9 Å². The van der Waals surface area contributed by atoms with Crippen molar-refractivity contribution in [1.82, 2.24) is 15.0 Å². The summed E-state index contributed by atoms with van der Waals surface area (Å²) < 4.78 is 0. The highest BCUT2D eigenvalue weighted by atomic mass is 16.5. The lowest BCUT2D eigenvalue weighted by Crippen LogP contribution is -2.19. The van der Waals surface area contributed by atoms with Crippen molar-refractivity contribution in [2.75, 3.05) is 22.4 Å². The van der Waals surface area contributed by atoms with Crippen LogP contribution in [0.4, 0.5) is 17.8 Å². The highest BCUT2D eigenvalue weighted by Gasteiger charge is 2.09. The second kappa shape index (κ2) is 5.08. The van der Waals surface area contributed by atoms with Gasteiger partial charge < -0.3 is 4.90 Å². The Hall–Kier alpha value is -1.93. The summed E-state index contributed by atoms with van der Waals surface area (Å²) in [6.07, 6.45) is 1.53. The fraction of sp³-hybridized carbons (Fsp3) is 0.286. The summed E-state index contributed by atoms with van der Waals surface area (Å²) in [6.45, 7) is 6.06. The monoisotopic (exact) mass is 212 g/mol. The van der Waals surface area contributed by atoms with Crippen LogP contribution in [0.5, 0.6) is 0 Å². The van der Waals surface area contributed by atoms with Crippen LogP contribution in [0.3, 0.4) is 0 Å². The van der Waals surface area contributed by atoms with E-state index < -0.39 is 0 Å². The van der Waals surface area contributed by atoms with Gasteiger partial charge in [0.1, 0.15) is 0 Å². The van der Waals surface area contributed by atoms with Crippen LogP contribution in [0, 0.1) is 0 Å². The second-order valence-corrected chi connectivity index (χ2v) is 2.47. The van der Waals surface area contributed by atoms with Crippen molar-refractivity contribution >= 4 is 17.8 Å². The summed E-state index contributed by atoms with van der Waals surface area (Å²) >= 11 is 0. The lowest BCUT2D eigenvalue weighted by molar-refractivity contribution is 0.374. The molecule has 0 saturated heterocycles. The van der Waals surface area contributed by atoms with Crippen LogP contribution < -0.4 is 15.9 Å². The van der Waals surface area contributed by atoms with Crippen LogP contribution in [0.2, 0.25) is 0 Å². The molecule has 0 unspecified atom stereocenters. The fourth-order valence-corrected chi connectivity index (χ4v) is 0.945. The van der Waals surface area contributed by atoms with Crippen LogP contribution in [0.15, 0.2) is 12.8 Å². The maximum Gasteiger partial charge on any atom is 0.253 e. The smallest absolute Gasteiger partial charge is 0.253 e. The lowest BCUT2D eigenvalue weighted by Gasteiger charge is -2.15. The predicted molar refractivity (Wildman–Crippen MR) is 53.9 cm³/mol. The minimum Gasteiger partial charge on any atom is -0.318 e. The molecule has 0 aromatic carbocycles. The van der Waals surface area contributed by atoms with Gasteiger partial charge >= 0.3 is 0 Å². The fourth-order valence-electron chi connectivity index (χ4n) is 0.945. The zero-order valence-electron chi connectivity index (χ0n) is 8.17. The van der Waals surface area contributed by atoms with E-state index in [0.717, 1.165) is 0 Å². The molecule has 1 aromatic heterocycles. The minimum atomic E-state index is -0.0724. The topological polar surface area (TPSA) is 106 Å². The van der Waals surface area contributed by atoms with Crippen molar-refractivity contribution in [3.05, 3.63) is 12.8 Å². The van der Waals surface area contributed by atoms with E-state index in [1.54, 1.807) is 15.9 Å². The van der Waals surface area contributed by atoms with Gasteiger partial charge in [-0.15, -0.1) is 0 Å². The van der Waals surface area contributed by atoms with Gasteiger partial charge in [-0.25, -0.2) is 11.0 Å². The molecule has 1 aromatic rings. The molecule has 15 heavy (non-hydrogen) atoms. The maximum atomic E-state index is 8.65. The molecule has 0 aliphatic rings. The van der Waals surface area contributed by atoms with E-state index in [1.165, 1.54) is 6.20 Å². The number of aromatic nitrogens is 3. The van der Waals surface area contributed by atoms with E-state index in [2.05, 4.69) is 21.5 Å². The van der Waals surface area contributed by atoms with Gasteiger partial charge in [-0.2, -0.15) is 15.0 Å². The Morgan fingerprint density at radius 3 is 2.13 bits per heavy atom. The first-order valence-electron chi connectivity index (χ1n) is 4.20. The standard InChI is InChI=1S/C7H12N6O2/c1-3-13(4-2)7-9-5(11-14)8-6(10-7)12-15/h3,14-15H,1,4H2,2H3,(H2,8,9,10,11,12). The molecule has 0 spiro atoms. The van der Waals surface area contributed by atoms with E-state index in [4.69, 9.17) is 10.4 Å². The summed E-state index contributed by atoms with van der Waals surface area (Å²) in [4.78, 5) is 13.0. The van der Waals surface area contributed by atoms with Gasteiger partial charge in [0.2, 0.25) is 5.95 Å². The van der Waals surface area contributed by atoms with Crippen molar-refractivity contribution < 1.29 is 10.4 Å². The number of hydrogen-bond donors (Lipinski definition) is 4. The van der Waals surface area contributed by atoms with Crippen LogP contribution in [-0.4, -0.2) is 31.9 Å². The van der Waals surface area contributed by atoms with Crippen LogP contribution in [-0.2, 0) is 0 Å². The molecule has 0 fully saturated rings. The van der Waals surface area contributed by atoms with E-state index in [0.29, 0.717) is 6.54 Å². The Morgan fingerprint density at radius 1 is 1.27 bits per heavy atom. The van der Waals surface area contributed by atoms with Crippen LogP contribution >= 0.6 is 0 Å². The number of rotatable bonds is 5. The lowest BCUT2D eigenvalue weighted by atomic mass is 10.6. The minimum absolute atomic E-state index is 0.0724. The zero-order valence-corrected chi connectivity index (χ0v) is 8.17. The molecule has 1 heterocycles. The molecular formula is C7H12N6O2.